The zero-order valence-electron chi connectivity index (χ0n) is 10.0. The number of nitrogens with zero attached hydrogens (tertiary/aromatic N) is 2. The van der Waals surface area contributed by atoms with Crippen LogP contribution in [-0.2, 0) is 4.74 Å². The Morgan fingerprint density at radius 3 is 3.12 bits per heavy atom. The van der Waals surface area contributed by atoms with Crippen LogP contribution in [-0.4, -0.2) is 44.2 Å². The largest absolute Gasteiger partial charge is 0.493 e. The van der Waals surface area contributed by atoms with Crippen LogP contribution >= 0.6 is 0 Å². The van der Waals surface area contributed by atoms with E-state index in [-0.39, 0.29) is 6.04 Å². The number of hydrogen-bond acceptors (Lipinski definition) is 5. The lowest BCUT2D eigenvalue weighted by Crippen LogP contribution is -2.44. The molecule has 0 saturated carbocycles. The number of aromatic nitrogens is 1. The van der Waals surface area contributed by atoms with Crippen LogP contribution in [0.1, 0.15) is 17.3 Å². The summed E-state index contributed by atoms with van der Waals surface area (Å²) in [7, 11) is 1.58. The number of hydrogen-bond donors (Lipinski definition) is 0. The van der Waals surface area contributed by atoms with Crippen molar-refractivity contribution in [3.05, 3.63) is 17.8 Å². The fourth-order valence-electron chi connectivity index (χ4n) is 1.92. The van der Waals surface area contributed by atoms with Gasteiger partial charge in [-0.2, -0.15) is 0 Å². The molecule has 0 aliphatic carbocycles. The smallest absolute Gasteiger partial charge is 0.171 e. The monoisotopic (exact) mass is 236 g/mol. The molecule has 1 aromatic heterocycles. The molecule has 0 aromatic carbocycles. The summed E-state index contributed by atoms with van der Waals surface area (Å²) in [6, 6.07) is 1.96. The highest BCUT2D eigenvalue weighted by molar-refractivity contribution is 5.76. The number of anilines is 1. The Kier molecular flexibility index (Phi) is 3.58. The Morgan fingerprint density at radius 1 is 1.65 bits per heavy atom. The second-order valence-electron chi connectivity index (χ2n) is 4.03. The Hall–Kier alpha value is -1.62. The van der Waals surface area contributed by atoms with Gasteiger partial charge in [0.1, 0.15) is 0 Å². The van der Waals surface area contributed by atoms with Crippen LogP contribution < -0.4 is 9.64 Å². The predicted molar refractivity (Wildman–Crippen MR) is 63.8 cm³/mol. The van der Waals surface area contributed by atoms with E-state index in [1.165, 1.54) is 0 Å². The Labute approximate surface area is 100 Å². The number of ether oxygens (including phenoxy) is 2. The van der Waals surface area contributed by atoms with Gasteiger partial charge in [-0.1, -0.05) is 0 Å². The van der Waals surface area contributed by atoms with Crippen LogP contribution in [0.4, 0.5) is 5.82 Å². The molecule has 0 unspecified atom stereocenters. The average molecular weight is 236 g/mol. The number of rotatable bonds is 3. The molecule has 2 heterocycles. The summed E-state index contributed by atoms with van der Waals surface area (Å²) >= 11 is 0. The van der Waals surface area contributed by atoms with Gasteiger partial charge in [-0.3, -0.25) is 4.79 Å². The minimum Gasteiger partial charge on any atom is -0.493 e. The highest BCUT2D eigenvalue weighted by Crippen LogP contribution is 2.28. The second kappa shape index (κ2) is 5.14. The molecule has 1 aliphatic rings. The van der Waals surface area contributed by atoms with Gasteiger partial charge < -0.3 is 14.4 Å². The summed E-state index contributed by atoms with van der Waals surface area (Å²) in [6.45, 7) is 4.23. The van der Waals surface area contributed by atoms with E-state index in [1.54, 1.807) is 19.4 Å². The van der Waals surface area contributed by atoms with E-state index in [0.717, 1.165) is 18.6 Å². The molecule has 1 atom stereocenters. The number of morpholine rings is 1. The molecule has 92 valence electrons. The second-order valence-corrected chi connectivity index (χ2v) is 4.03. The minimum absolute atomic E-state index is 0.257. The lowest BCUT2D eigenvalue weighted by atomic mass is 10.2. The van der Waals surface area contributed by atoms with E-state index in [2.05, 4.69) is 16.8 Å². The quantitative estimate of drug-likeness (QED) is 0.736. The summed E-state index contributed by atoms with van der Waals surface area (Å²) in [5, 5.41) is 0. The van der Waals surface area contributed by atoms with Crippen LogP contribution in [0.15, 0.2) is 12.3 Å². The van der Waals surface area contributed by atoms with E-state index in [0.29, 0.717) is 24.5 Å². The highest BCUT2D eigenvalue weighted by Gasteiger charge is 2.23. The molecule has 0 spiro atoms. The Morgan fingerprint density at radius 2 is 2.47 bits per heavy atom. The summed E-state index contributed by atoms with van der Waals surface area (Å²) in [4.78, 5) is 17.1. The van der Waals surface area contributed by atoms with Crippen LogP contribution in [0.25, 0.3) is 0 Å². The number of carbonyl (C=O) groups excluding carboxylic acids is 1. The molecule has 0 amide bonds. The normalized spacial score (nSPS) is 20.1. The van der Waals surface area contributed by atoms with Gasteiger partial charge >= 0.3 is 0 Å². The van der Waals surface area contributed by atoms with Gasteiger partial charge in [0.2, 0.25) is 0 Å². The zero-order valence-corrected chi connectivity index (χ0v) is 10.0. The molecule has 1 aromatic rings. The SMILES string of the molecule is COc1cc(C=O)cnc1N1CCOC[C@@H]1C. The van der Waals surface area contributed by atoms with Crippen molar-refractivity contribution in [3.63, 3.8) is 0 Å². The van der Waals surface area contributed by atoms with Gasteiger partial charge in [-0.15, -0.1) is 0 Å². The maximum absolute atomic E-state index is 10.7. The van der Waals surface area contributed by atoms with E-state index >= 15 is 0 Å². The lowest BCUT2D eigenvalue weighted by molar-refractivity contribution is 0.0982. The average Bonchev–Trinajstić information content (AvgIpc) is 2.38. The number of methoxy groups -OCH3 is 1. The first-order valence-corrected chi connectivity index (χ1v) is 5.60. The molecule has 0 bridgehead atoms. The molecular weight excluding hydrogens is 220 g/mol. The fraction of sp³-hybridized carbons (Fsp3) is 0.500. The topological polar surface area (TPSA) is 51.7 Å². The van der Waals surface area contributed by atoms with Gasteiger partial charge in [0.15, 0.2) is 17.9 Å². The van der Waals surface area contributed by atoms with Crippen molar-refractivity contribution in [1.29, 1.82) is 0 Å². The van der Waals surface area contributed by atoms with Gasteiger partial charge in [0.25, 0.3) is 0 Å². The number of carbonyl (C=O) groups is 1. The third kappa shape index (κ3) is 2.39. The third-order valence-electron chi connectivity index (χ3n) is 2.85. The van der Waals surface area contributed by atoms with Crippen molar-refractivity contribution in [1.82, 2.24) is 4.98 Å². The molecular formula is C12H16N2O3. The molecule has 2 rings (SSSR count). The predicted octanol–water partition coefficient (Wildman–Crippen LogP) is 1.13. The van der Waals surface area contributed by atoms with Crippen LogP contribution in [0.2, 0.25) is 0 Å². The van der Waals surface area contributed by atoms with Crippen molar-refractivity contribution in [2.45, 2.75) is 13.0 Å². The van der Waals surface area contributed by atoms with Gasteiger partial charge in [-0.05, 0) is 13.0 Å². The lowest BCUT2D eigenvalue weighted by Gasteiger charge is -2.34. The maximum atomic E-state index is 10.7. The van der Waals surface area contributed by atoms with E-state index in [9.17, 15) is 4.79 Å². The van der Waals surface area contributed by atoms with Gasteiger partial charge in [-0.25, -0.2) is 4.98 Å². The van der Waals surface area contributed by atoms with Gasteiger partial charge in [0, 0.05) is 18.3 Å². The van der Waals surface area contributed by atoms with Crippen molar-refractivity contribution in [2.75, 3.05) is 31.8 Å². The summed E-state index contributed by atoms with van der Waals surface area (Å²) in [5.41, 5.74) is 0.520. The van der Waals surface area contributed by atoms with E-state index < -0.39 is 0 Å². The van der Waals surface area contributed by atoms with E-state index in [1.807, 2.05) is 0 Å². The maximum Gasteiger partial charge on any atom is 0.171 e. The molecule has 5 nitrogen and oxygen atoms in total. The Bertz CT molecular complexity index is 409. The molecule has 17 heavy (non-hydrogen) atoms. The molecule has 0 radical (unpaired) electrons. The zero-order chi connectivity index (χ0) is 12.3. The fourth-order valence-corrected chi connectivity index (χ4v) is 1.92. The van der Waals surface area contributed by atoms with Crippen LogP contribution in [0.3, 0.4) is 0 Å². The van der Waals surface area contributed by atoms with Crippen molar-refractivity contribution in [2.24, 2.45) is 0 Å². The Balaban J connectivity index is 2.33. The minimum atomic E-state index is 0.257. The first kappa shape index (κ1) is 11.9. The molecule has 1 saturated heterocycles. The third-order valence-corrected chi connectivity index (χ3v) is 2.85. The number of aldehydes is 1. The first-order valence-electron chi connectivity index (χ1n) is 5.60. The summed E-state index contributed by atoms with van der Waals surface area (Å²) in [6.07, 6.45) is 2.33. The van der Waals surface area contributed by atoms with Crippen molar-refractivity contribution >= 4 is 12.1 Å². The summed E-state index contributed by atoms with van der Waals surface area (Å²) in [5.74, 6) is 1.40. The van der Waals surface area contributed by atoms with Crippen LogP contribution in [0.5, 0.6) is 5.75 Å². The molecule has 0 N–H and O–H groups in total. The molecule has 1 fully saturated rings. The number of pyridine rings is 1. The van der Waals surface area contributed by atoms with Gasteiger partial charge in [0.05, 0.1) is 26.4 Å². The van der Waals surface area contributed by atoms with Crippen molar-refractivity contribution in [3.8, 4) is 5.75 Å². The molecule has 5 heteroatoms. The first-order chi connectivity index (χ1) is 8.26. The van der Waals surface area contributed by atoms with Crippen LogP contribution in [0, 0.1) is 0 Å². The van der Waals surface area contributed by atoms with Crippen molar-refractivity contribution < 1.29 is 14.3 Å². The van der Waals surface area contributed by atoms with E-state index in [4.69, 9.17) is 9.47 Å². The highest BCUT2D eigenvalue weighted by atomic mass is 16.5. The summed E-state index contributed by atoms with van der Waals surface area (Å²) < 4.78 is 10.7. The molecule has 1 aliphatic heterocycles. The standard InChI is InChI=1S/C12H16N2O3/c1-9-8-17-4-3-14(9)12-11(16-2)5-10(7-15)6-13-12/h5-7,9H,3-4,8H2,1-2H3/t9-/m0/s1.